The molecule has 0 radical (unpaired) electrons. The van der Waals surface area contributed by atoms with Crippen LogP contribution >= 0.6 is 0 Å². The summed E-state index contributed by atoms with van der Waals surface area (Å²) in [4.78, 5) is 25.7. The van der Waals surface area contributed by atoms with Gasteiger partial charge in [-0.15, -0.1) is 0 Å². The summed E-state index contributed by atoms with van der Waals surface area (Å²) in [5, 5.41) is 2.66. The summed E-state index contributed by atoms with van der Waals surface area (Å²) in [6.45, 7) is 0.728. The summed E-state index contributed by atoms with van der Waals surface area (Å²) in [6, 6.07) is 4.82. The summed E-state index contributed by atoms with van der Waals surface area (Å²) >= 11 is 0. The standard InChI is InChI=1S/C14H19N3O3/c1-16-13(18)12-4-3-7-17(12)11-6-5-9(15)8-10(11)14(19)20-2/h5-6,8,12H,3-4,7,15H2,1-2H3,(H,16,18). The van der Waals surface area contributed by atoms with Crippen molar-refractivity contribution < 1.29 is 14.3 Å². The largest absolute Gasteiger partial charge is 0.465 e. The number of carbonyl (C=O) groups excluding carboxylic acids is 2. The highest BCUT2D eigenvalue weighted by Gasteiger charge is 2.32. The molecule has 20 heavy (non-hydrogen) atoms. The fourth-order valence-corrected chi connectivity index (χ4v) is 2.57. The first kappa shape index (κ1) is 14.2. The summed E-state index contributed by atoms with van der Waals surface area (Å²) in [7, 11) is 2.94. The molecule has 1 saturated heterocycles. The lowest BCUT2D eigenvalue weighted by Gasteiger charge is -2.27. The molecule has 1 aliphatic rings. The number of rotatable bonds is 3. The number of carbonyl (C=O) groups is 2. The Morgan fingerprint density at radius 3 is 2.85 bits per heavy atom. The van der Waals surface area contributed by atoms with Crippen LogP contribution in [0.2, 0.25) is 0 Å². The fourth-order valence-electron chi connectivity index (χ4n) is 2.57. The van der Waals surface area contributed by atoms with E-state index in [1.165, 1.54) is 7.11 Å². The van der Waals surface area contributed by atoms with Crippen LogP contribution in [0.25, 0.3) is 0 Å². The average molecular weight is 277 g/mol. The summed E-state index contributed by atoms with van der Waals surface area (Å²) < 4.78 is 4.79. The second kappa shape index (κ2) is 5.81. The molecule has 108 valence electrons. The van der Waals surface area contributed by atoms with Crippen LogP contribution in [0.4, 0.5) is 11.4 Å². The number of methoxy groups -OCH3 is 1. The third kappa shape index (κ3) is 2.54. The van der Waals surface area contributed by atoms with Crippen molar-refractivity contribution in [2.75, 3.05) is 31.3 Å². The van der Waals surface area contributed by atoms with Gasteiger partial charge in [0.05, 0.1) is 18.4 Å². The molecule has 0 aromatic heterocycles. The van der Waals surface area contributed by atoms with Crippen LogP contribution in [-0.4, -0.2) is 38.6 Å². The Labute approximate surface area is 117 Å². The Morgan fingerprint density at radius 1 is 1.45 bits per heavy atom. The normalized spacial score (nSPS) is 17.9. The van der Waals surface area contributed by atoms with Crippen LogP contribution in [-0.2, 0) is 9.53 Å². The molecule has 1 heterocycles. The highest BCUT2D eigenvalue weighted by molar-refractivity contribution is 5.98. The van der Waals surface area contributed by atoms with Crippen molar-refractivity contribution in [3.63, 3.8) is 0 Å². The number of nitrogen functional groups attached to an aromatic ring is 1. The first-order valence-electron chi connectivity index (χ1n) is 6.54. The van der Waals surface area contributed by atoms with Gasteiger partial charge >= 0.3 is 5.97 Å². The van der Waals surface area contributed by atoms with Crippen molar-refractivity contribution in [1.29, 1.82) is 0 Å². The number of esters is 1. The van der Waals surface area contributed by atoms with Crippen LogP contribution in [0.1, 0.15) is 23.2 Å². The van der Waals surface area contributed by atoms with Gasteiger partial charge in [0.1, 0.15) is 6.04 Å². The first-order chi connectivity index (χ1) is 9.58. The van der Waals surface area contributed by atoms with E-state index in [1.54, 1.807) is 25.2 Å². The molecule has 6 nitrogen and oxygen atoms in total. The molecule has 1 fully saturated rings. The maximum absolute atomic E-state index is 11.9. The number of likely N-dealkylation sites (N-methyl/N-ethyl adjacent to an activating group) is 1. The van der Waals surface area contributed by atoms with E-state index in [0.29, 0.717) is 16.9 Å². The number of nitrogens with two attached hydrogens (primary N) is 1. The number of nitrogens with one attached hydrogen (secondary N) is 1. The van der Waals surface area contributed by atoms with E-state index in [-0.39, 0.29) is 11.9 Å². The lowest BCUT2D eigenvalue weighted by atomic mass is 10.1. The number of amides is 1. The van der Waals surface area contributed by atoms with Gasteiger partial charge < -0.3 is 20.7 Å². The number of anilines is 2. The second-order valence-corrected chi connectivity index (χ2v) is 4.73. The molecule has 1 aromatic carbocycles. The smallest absolute Gasteiger partial charge is 0.340 e. The molecule has 1 aromatic rings. The van der Waals surface area contributed by atoms with Gasteiger partial charge in [0.15, 0.2) is 0 Å². The van der Waals surface area contributed by atoms with E-state index < -0.39 is 5.97 Å². The van der Waals surface area contributed by atoms with Crippen molar-refractivity contribution in [3.8, 4) is 0 Å². The van der Waals surface area contributed by atoms with Gasteiger partial charge in [0, 0.05) is 19.3 Å². The van der Waals surface area contributed by atoms with Crippen molar-refractivity contribution in [1.82, 2.24) is 5.32 Å². The highest BCUT2D eigenvalue weighted by Crippen LogP contribution is 2.30. The number of ether oxygens (including phenoxy) is 1. The minimum absolute atomic E-state index is 0.0462. The minimum atomic E-state index is -0.449. The van der Waals surface area contributed by atoms with E-state index in [1.807, 2.05) is 4.90 Å². The minimum Gasteiger partial charge on any atom is -0.465 e. The zero-order valence-corrected chi connectivity index (χ0v) is 11.7. The van der Waals surface area contributed by atoms with E-state index in [2.05, 4.69) is 5.32 Å². The quantitative estimate of drug-likeness (QED) is 0.629. The van der Waals surface area contributed by atoms with Crippen molar-refractivity contribution in [3.05, 3.63) is 23.8 Å². The Morgan fingerprint density at radius 2 is 2.20 bits per heavy atom. The number of hydrogen-bond acceptors (Lipinski definition) is 5. The third-order valence-corrected chi connectivity index (χ3v) is 3.54. The molecule has 1 amide bonds. The molecule has 6 heteroatoms. The van der Waals surface area contributed by atoms with Gasteiger partial charge in [-0.2, -0.15) is 0 Å². The van der Waals surface area contributed by atoms with Crippen molar-refractivity contribution >= 4 is 23.3 Å². The van der Waals surface area contributed by atoms with Gasteiger partial charge in [0.2, 0.25) is 5.91 Å². The van der Waals surface area contributed by atoms with Gasteiger partial charge in [0.25, 0.3) is 0 Å². The summed E-state index contributed by atoms with van der Waals surface area (Å²) in [5.74, 6) is -0.495. The van der Waals surface area contributed by atoms with Crippen LogP contribution in [0, 0.1) is 0 Å². The molecule has 1 unspecified atom stereocenters. The number of nitrogens with zero attached hydrogens (tertiary/aromatic N) is 1. The molecule has 1 aliphatic heterocycles. The Bertz CT molecular complexity index is 530. The molecule has 1 atom stereocenters. The van der Waals surface area contributed by atoms with Gasteiger partial charge in [-0.05, 0) is 31.0 Å². The van der Waals surface area contributed by atoms with Crippen LogP contribution in [0.15, 0.2) is 18.2 Å². The Balaban J connectivity index is 2.41. The summed E-state index contributed by atoms with van der Waals surface area (Å²) in [6.07, 6.45) is 1.67. The molecule has 0 aliphatic carbocycles. The summed E-state index contributed by atoms with van der Waals surface area (Å²) in [5.41, 5.74) is 7.31. The zero-order valence-electron chi connectivity index (χ0n) is 11.7. The topological polar surface area (TPSA) is 84.7 Å². The number of benzene rings is 1. The van der Waals surface area contributed by atoms with Gasteiger partial charge in [-0.1, -0.05) is 0 Å². The van der Waals surface area contributed by atoms with Gasteiger partial charge in [-0.25, -0.2) is 4.79 Å². The van der Waals surface area contributed by atoms with Crippen LogP contribution < -0.4 is 16.0 Å². The molecular formula is C14H19N3O3. The molecule has 0 saturated carbocycles. The van der Waals surface area contributed by atoms with Crippen LogP contribution in [0.5, 0.6) is 0 Å². The van der Waals surface area contributed by atoms with Crippen molar-refractivity contribution in [2.45, 2.75) is 18.9 Å². The average Bonchev–Trinajstić information content (AvgIpc) is 2.94. The van der Waals surface area contributed by atoms with E-state index in [4.69, 9.17) is 10.5 Å². The predicted molar refractivity (Wildman–Crippen MR) is 76.6 cm³/mol. The molecule has 2 rings (SSSR count). The molecule has 0 bridgehead atoms. The lowest BCUT2D eigenvalue weighted by molar-refractivity contribution is -0.121. The second-order valence-electron chi connectivity index (χ2n) is 4.73. The van der Waals surface area contributed by atoms with E-state index >= 15 is 0 Å². The lowest BCUT2D eigenvalue weighted by Crippen LogP contribution is -2.42. The van der Waals surface area contributed by atoms with Crippen LogP contribution in [0.3, 0.4) is 0 Å². The van der Waals surface area contributed by atoms with E-state index in [9.17, 15) is 9.59 Å². The zero-order chi connectivity index (χ0) is 14.7. The van der Waals surface area contributed by atoms with Gasteiger partial charge in [-0.3, -0.25) is 4.79 Å². The SMILES string of the molecule is CNC(=O)C1CCCN1c1ccc(N)cc1C(=O)OC. The number of hydrogen-bond donors (Lipinski definition) is 2. The predicted octanol–water partition coefficient (Wildman–Crippen LogP) is 0.770. The maximum atomic E-state index is 11.9. The molecule has 3 N–H and O–H groups in total. The van der Waals surface area contributed by atoms with E-state index in [0.717, 1.165) is 19.4 Å². The molecule has 0 spiro atoms. The monoisotopic (exact) mass is 277 g/mol. The first-order valence-corrected chi connectivity index (χ1v) is 6.54. The maximum Gasteiger partial charge on any atom is 0.340 e. The Kier molecular flexibility index (Phi) is 4.12. The third-order valence-electron chi connectivity index (χ3n) is 3.54. The highest BCUT2D eigenvalue weighted by atomic mass is 16.5. The Hall–Kier alpha value is -2.24. The fraction of sp³-hybridized carbons (Fsp3) is 0.429. The van der Waals surface area contributed by atoms with Crippen molar-refractivity contribution in [2.24, 2.45) is 0 Å². The molecular weight excluding hydrogens is 258 g/mol.